The van der Waals surface area contributed by atoms with E-state index >= 15 is 0 Å². The molecule has 0 amide bonds. The van der Waals surface area contributed by atoms with Crippen LogP contribution in [0.15, 0.2) is 63.5 Å². The Kier molecular flexibility index (Phi) is 4.29. The number of benzene rings is 2. The molecule has 0 saturated carbocycles. The molecule has 0 saturated heterocycles. The lowest BCUT2D eigenvalue weighted by Crippen LogP contribution is -1.97. The molecule has 0 aliphatic carbocycles. The topological polar surface area (TPSA) is 25.2 Å². The zero-order chi connectivity index (χ0) is 15.5. The molecule has 0 bridgehead atoms. The number of anilines is 1. The van der Waals surface area contributed by atoms with Gasteiger partial charge in [0.15, 0.2) is 0 Å². The van der Waals surface area contributed by atoms with Gasteiger partial charge in [0.2, 0.25) is 0 Å². The van der Waals surface area contributed by atoms with Crippen LogP contribution in [-0.4, -0.2) is 0 Å². The largest absolute Gasteiger partial charge is 0.459 e. The van der Waals surface area contributed by atoms with Crippen molar-refractivity contribution in [3.05, 3.63) is 76.2 Å². The molecular formula is C18H15BrFNO. The smallest absolute Gasteiger partial charge is 0.134 e. The van der Waals surface area contributed by atoms with Gasteiger partial charge in [-0.05, 0) is 67.1 Å². The Labute approximate surface area is 137 Å². The van der Waals surface area contributed by atoms with Gasteiger partial charge in [-0.25, -0.2) is 4.39 Å². The number of halogens is 2. The van der Waals surface area contributed by atoms with Gasteiger partial charge in [0.1, 0.15) is 17.3 Å². The standard InChI is InChI=1S/C18H15BrFNO/c1-12-10-13(19)2-8-17(12)18-9-7-16(22-18)11-21-15-5-3-14(20)4-6-15/h2-10,21H,11H2,1H3. The first-order valence-electron chi connectivity index (χ1n) is 6.96. The van der Waals surface area contributed by atoms with E-state index < -0.39 is 0 Å². The molecule has 0 spiro atoms. The maximum absolute atomic E-state index is 12.9. The summed E-state index contributed by atoms with van der Waals surface area (Å²) in [5.41, 5.74) is 3.09. The van der Waals surface area contributed by atoms with Crippen LogP contribution in [0.25, 0.3) is 11.3 Å². The minimum Gasteiger partial charge on any atom is -0.459 e. The Balaban J connectivity index is 1.72. The number of hydrogen-bond donors (Lipinski definition) is 1. The normalized spacial score (nSPS) is 10.7. The average molecular weight is 360 g/mol. The second-order valence-corrected chi connectivity index (χ2v) is 6.00. The SMILES string of the molecule is Cc1cc(Br)ccc1-c1ccc(CNc2ccc(F)cc2)o1. The minimum absolute atomic E-state index is 0.239. The van der Waals surface area contributed by atoms with Gasteiger partial charge < -0.3 is 9.73 Å². The summed E-state index contributed by atoms with van der Waals surface area (Å²) in [5, 5.41) is 3.21. The molecular weight excluding hydrogens is 345 g/mol. The highest BCUT2D eigenvalue weighted by atomic mass is 79.9. The van der Waals surface area contributed by atoms with E-state index in [1.165, 1.54) is 12.1 Å². The van der Waals surface area contributed by atoms with Gasteiger partial charge in [-0.3, -0.25) is 0 Å². The van der Waals surface area contributed by atoms with Crippen molar-refractivity contribution >= 4 is 21.6 Å². The quantitative estimate of drug-likeness (QED) is 0.639. The zero-order valence-corrected chi connectivity index (χ0v) is 13.7. The molecule has 112 valence electrons. The lowest BCUT2D eigenvalue weighted by molar-refractivity contribution is 0.531. The summed E-state index contributed by atoms with van der Waals surface area (Å²) >= 11 is 3.46. The fourth-order valence-corrected chi connectivity index (χ4v) is 2.75. The Bertz CT molecular complexity index is 780. The van der Waals surface area contributed by atoms with Crippen LogP contribution < -0.4 is 5.32 Å². The molecule has 0 aliphatic rings. The number of rotatable bonds is 4. The third-order valence-corrected chi connectivity index (χ3v) is 3.92. The molecule has 2 nitrogen and oxygen atoms in total. The number of aryl methyl sites for hydroxylation is 1. The fraction of sp³-hybridized carbons (Fsp3) is 0.111. The molecule has 0 radical (unpaired) electrons. The summed E-state index contributed by atoms with van der Waals surface area (Å²) in [5.74, 6) is 1.44. The van der Waals surface area contributed by atoms with Crippen molar-refractivity contribution < 1.29 is 8.81 Å². The van der Waals surface area contributed by atoms with E-state index in [9.17, 15) is 4.39 Å². The van der Waals surface area contributed by atoms with E-state index in [1.807, 2.05) is 24.3 Å². The molecule has 0 atom stereocenters. The Morgan fingerprint density at radius 3 is 2.55 bits per heavy atom. The predicted octanol–water partition coefficient (Wildman–Crippen LogP) is 5.77. The van der Waals surface area contributed by atoms with E-state index in [2.05, 4.69) is 34.2 Å². The minimum atomic E-state index is -0.239. The highest BCUT2D eigenvalue weighted by Gasteiger charge is 2.08. The number of nitrogens with one attached hydrogen (secondary N) is 1. The summed E-state index contributed by atoms with van der Waals surface area (Å²) in [6.07, 6.45) is 0. The van der Waals surface area contributed by atoms with Crippen LogP contribution in [0.2, 0.25) is 0 Å². The zero-order valence-electron chi connectivity index (χ0n) is 12.1. The summed E-state index contributed by atoms with van der Waals surface area (Å²) < 4.78 is 19.8. The van der Waals surface area contributed by atoms with Crippen molar-refractivity contribution in [3.8, 4) is 11.3 Å². The summed E-state index contributed by atoms with van der Waals surface area (Å²) in [7, 11) is 0. The van der Waals surface area contributed by atoms with Crippen LogP contribution >= 0.6 is 15.9 Å². The van der Waals surface area contributed by atoms with E-state index in [0.29, 0.717) is 6.54 Å². The van der Waals surface area contributed by atoms with Gasteiger partial charge in [0.25, 0.3) is 0 Å². The van der Waals surface area contributed by atoms with Crippen LogP contribution in [0, 0.1) is 12.7 Å². The maximum Gasteiger partial charge on any atom is 0.134 e. The lowest BCUT2D eigenvalue weighted by atomic mass is 10.1. The van der Waals surface area contributed by atoms with Crippen LogP contribution in [-0.2, 0) is 6.54 Å². The van der Waals surface area contributed by atoms with Gasteiger partial charge in [-0.15, -0.1) is 0 Å². The van der Waals surface area contributed by atoms with Crippen LogP contribution in [0.3, 0.4) is 0 Å². The van der Waals surface area contributed by atoms with Crippen LogP contribution in [0.5, 0.6) is 0 Å². The lowest BCUT2D eigenvalue weighted by Gasteiger charge is -2.05. The first kappa shape index (κ1) is 14.9. The Morgan fingerprint density at radius 1 is 1.05 bits per heavy atom. The molecule has 3 rings (SSSR count). The molecule has 1 N–H and O–H groups in total. The Morgan fingerprint density at radius 2 is 1.82 bits per heavy atom. The maximum atomic E-state index is 12.9. The molecule has 3 aromatic rings. The Hall–Kier alpha value is -2.07. The van der Waals surface area contributed by atoms with Gasteiger partial charge in [-0.1, -0.05) is 15.9 Å². The van der Waals surface area contributed by atoms with Gasteiger partial charge in [0.05, 0.1) is 6.54 Å². The summed E-state index contributed by atoms with van der Waals surface area (Å²) in [4.78, 5) is 0. The molecule has 2 aromatic carbocycles. The van der Waals surface area contributed by atoms with E-state index in [0.717, 1.165) is 32.8 Å². The first-order chi connectivity index (χ1) is 10.6. The third-order valence-electron chi connectivity index (χ3n) is 3.43. The molecule has 4 heteroatoms. The molecule has 0 unspecified atom stereocenters. The van der Waals surface area contributed by atoms with E-state index in [1.54, 1.807) is 12.1 Å². The molecule has 1 aromatic heterocycles. The first-order valence-corrected chi connectivity index (χ1v) is 7.76. The third kappa shape index (κ3) is 3.39. The van der Waals surface area contributed by atoms with Crippen molar-refractivity contribution in [2.45, 2.75) is 13.5 Å². The summed E-state index contributed by atoms with van der Waals surface area (Å²) in [6, 6.07) is 16.3. The molecule has 22 heavy (non-hydrogen) atoms. The van der Waals surface area contributed by atoms with Gasteiger partial charge in [0, 0.05) is 15.7 Å². The highest BCUT2D eigenvalue weighted by molar-refractivity contribution is 9.10. The van der Waals surface area contributed by atoms with Crippen LogP contribution in [0.4, 0.5) is 10.1 Å². The monoisotopic (exact) mass is 359 g/mol. The van der Waals surface area contributed by atoms with Crippen LogP contribution in [0.1, 0.15) is 11.3 Å². The molecule has 0 aliphatic heterocycles. The molecule has 1 heterocycles. The fourth-order valence-electron chi connectivity index (χ4n) is 2.28. The van der Waals surface area contributed by atoms with Gasteiger partial charge in [-0.2, -0.15) is 0 Å². The van der Waals surface area contributed by atoms with E-state index in [-0.39, 0.29) is 5.82 Å². The van der Waals surface area contributed by atoms with Crippen molar-refractivity contribution in [1.82, 2.24) is 0 Å². The predicted molar refractivity (Wildman–Crippen MR) is 90.3 cm³/mol. The number of hydrogen-bond acceptors (Lipinski definition) is 2. The second kappa shape index (κ2) is 6.36. The second-order valence-electron chi connectivity index (χ2n) is 5.09. The van der Waals surface area contributed by atoms with E-state index in [4.69, 9.17) is 4.42 Å². The van der Waals surface area contributed by atoms with Crippen molar-refractivity contribution in [3.63, 3.8) is 0 Å². The summed E-state index contributed by atoms with van der Waals surface area (Å²) in [6.45, 7) is 2.61. The number of furan rings is 1. The van der Waals surface area contributed by atoms with Crippen molar-refractivity contribution in [2.75, 3.05) is 5.32 Å². The highest BCUT2D eigenvalue weighted by Crippen LogP contribution is 2.28. The van der Waals surface area contributed by atoms with Crippen molar-refractivity contribution in [1.29, 1.82) is 0 Å². The average Bonchev–Trinajstić information content (AvgIpc) is 2.95. The molecule has 0 fully saturated rings. The van der Waals surface area contributed by atoms with Gasteiger partial charge >= 0.3 is 0 Å². The van der Waals surface area contributed by atoms with Crippen molar-refractivity contribution in [2.24, 2.45) is 0 Å².